The van der Waals surface area contributed by atoms with Crippen molar-refractivity contribution in [3.63, 3.8) is 0 Å². The van der Waals surface area contributed by atoms with Crippen LogP contribution in [0, 0.1) is 0 Å². The number of rotatable bonds is 6. The van der Waals surface area contributed by atoms with Crippen LogP contribution in [0.25, 0.3) is 44.2 Å². The van der Waals surface area contributed by atoms with Crippen LogP contribution in [0.4, 0.5) is 11.4 Å². The zero-order valence-electron chi connectivity index (χ0n) is 28.2. The molecule has 1 heterocycles. The molecule has 0 unspecified atom stereocenters. The van der Waals surface area contributed by atoms with Crippen molar-refractivity contribution in [2.75, 3.05) is 4.90 Å². The number of furan rings is 1. The Morgan fingerprint density at radius 2 is 1.08 bits per heavy atom. The van der Waals surface area contributed by atoms with Gasteiger partial charge in [0.15, 0.2) is 0 Å². The van der Waals surface area contributed by atoms with Crippen molar-refractivity contribution in [1.29, 1.82) is 0 Å². The number of hydrogen-bond acceptors (Lipinski definition) is 2. The fourth-order valence-corrected chi connectivity index (χ4v) is 8.54. The first kappa shape index (κ1) is 29.5. The maximum Gasteiger partial charge on any atom is 0.135 e. The van der Waals surface area contributed by atoms with Gasteiger partial charge >= 0.3 is 0 Å². The molecule has 0 radical (unpaired) electrons. The molecule has 2 aliphatic rings. The van der Waals surface area contributed by atoms with E-state index in [4.69, 9.17) is 4.42 Å². The highest BCUT2D eigenvalue weighted by atomic mass is 16.3. The van der Waals surface area contributed by atoms with E-state index in [0.717, 1.165) is 46.2 Å². The molecule has 7 aromatic carbocycles. The van der Waals surface area contributed by atoms with Crippen molar-refractivity contribution in [2.45, 2.75) is 18.3 Å². The Kier molecular flexibility index (Phi) is 6.89. The van der Waals surface area contributed by atoms with Crippen molar-refractivity contribution in [3.05, 3.63) is 216 Å². The molecule has 0 amide bonds. The molecule has 2 heteroatoms. The van der Waals surface area contributed by atoms with Crippen molar-refractivity contribution < 1.29 is 4.42 Å². The second-order valence-corrected chi connectivity index (χ2v) is 13.6. The van der Waals surface area contributed by atoms with Gasteiger partial charge in [0.25, 0.3) is 0 Å². The predicted octanol–water partition coefficient (Wildman–Crippen LogP) is 13.0. The minimum absolute atomic E-state index is 0.421. The normalized spacial score (nSPS) is 14.3. The molecule has 0 bridgehead atoms. The van der Waals surface area contributed by atoms with Crippen molar-refractivity contribution in [3.8, 4) is 22.3 Å². The van der Waals surface area contributed by atoms with E-state index in [1.54, 1.807) is 0 Å². The Morgan fingerprint density at radius 1 is 0.490 bits per heavy atom. The Balaban J connectivity index is 1.13. The van der Waals surface area contributed by atoms with Crippen LogP contribution in [-0.2, 0) is 5.41 Å². The zero-order chi connectivity index (χ0) is 33.8. The van der Waals surface area contributed by atoms with Gasteiger partial charge in [-0.05, 0) is 106 Å². The summed E-state index contributed by atoms with van der Waals surface area (Å²) in [5.41, 5.74) is 15.1. The van der Waals surface area contributed by atoms with E-state index in [2.05, 4.69) is 193 Å². The molecular formula is C49H35NO. The number of anilines is 2. The Hall–Kier alpha value is -6.38. The van der Waals surface area contributed by atoms with Crippen molar-refractivity contribution in [1.82, 2.24) is 0 Å². The first-order valence-corrected chi connectivity index (χ1v) is 17.8. The molecule has 0 atom stereocenters. The lowest BCUT2D eigenvalue weighted by molar-refractivity contribution is 0.669. The van der Waals surface area contributed by atoms with Gasteiger partial charge in [0.1, 0.15) is 11.2 Å². The molecule has 1 aromatic heterocycles. The first-order valence-electron chi connectivity index (χ1n) is 17.8. The summed E-state index contributed by atoms with van der Waals surface area (Å²) >= 11 is 0. The van der Waals surface area contributed by atoms with E-state index in [1.165, 1.54) is 50.2 Å². The zero-order valence-corrected chi connectivity index (χ0v) is 28.2. The number of benzene rings is 7. The molecule has 51 heavy (non-hydrogen) atoms. The summed E-state index contributed by atoms with van der Waals surface area (Å²) < 4.78 is 6.37. The summed E-state index contributed by atoms with van der Waals surface area (Å²) in [6.07, 6.45) is 8.69. The highest BCUT2D eigenvalue weighted by molar-refractivity contribution is 6.07. The summed E-state index contributed by atoms with van der Waals surface area (Å²) in [6, 6.07) is 61.9. The van der Waals surface area contributed by atoms with Gasteiger partial charge in [-0.1, -0.05) is 140 Å². The lowest BCUT2D eigenvalue weighted by atomic mass is 9.68. The Bertz CT molecular complexity index is 2580. The molecule has 10 rings (SSSR count). The highest BCUT2D eigenvalue weighted by Gasteiger charge is 2.45. The maximum atomic E-state index is 6.37. The third-order valence-corrected chi connectivity index (χ3v) is 10.8. The van der Waals surface area contributed by atoms with E-state index in [1.807, 2.05) is 0 Å². The molecule has 0 spiro atoms. The largest absolute Gasteiger partial charge is 0.456 e. The van der Waals surface area contributed by atoms with Crippen LogP contribution in [0.1, 0.15) is 35.1 Å². The third kappa shape index (κ3) is 4.64. The average Bonchev–Trinajstić information content (AvgIpc) is 3.73. The van der Waals surface area contributed by atoms with Crippen LogP contribution >= 0.6 is 0 Å². The fraction of sp³-hybridized carbons (Fsp3) is 0.0612. The maximum absolute atomic E-state index is 6.37. The molecular weight excluding hydrogens is 619 g/mol. The van der Waals surface area contributed by atoms with E-state index < -0.39 is 5.41 Å². The fourth-order valence-electron chi connectivity index (χ4n) is 8.54. The van der Waals surface area contributed by atoms with E-state index >= 15 is 0 Å². The lowest BCUT2D eigenvalue weighted by Gasteiger charge is -2.35. The lowest BCUT2D eigenvalue weighted by Crippen LogP contribution is -2.28. The summed E-state index contributed by atoms with van der Waals surface area (Å²) in [4.78, 5) is 2.43. The van der Waals surface area contributed by atoms with Crippen LogP contribution in [0.3, 0.4) is 0 Å². The van der Waals surface area contributed by atoms with Gasteiger partial charge in [-0.2, -0.15) is 0 Å². The molecule has 2 nitrogen and oxygen atoms in total. The van der Waals surface area contributed by atoms with E-state index in [0.29, 0.717) is 0 Å². The topological polar surface area (TPSA) is 16.4 Å². The van der Waals surface area contributed by atoms with Gasteiger partial charge in [0, 0.05) is 27.8 Å². The van der Waals surface area contributed by atoms with E-state index in [9.17, 15) is 0 Å². The third-order valence-electron chi connectivity index (χ3n) is 10.8. The summed E-state index contributed by atoms with van der Waals surface area (Å²) in [6.45, 7) is 0. The smallest absolute Gasteiger partial charge is 0.135 e. The van der Waals surface area contributed by atoms with Crippen LogP contribution in [-0.4, -0.2) is 0 Å². The second kappa shape index (κ2) is 11.9. The molecule has 0 saturated carbocycles. The number of nitrogens with zero attached hydrogens (tertiary/aromatic N) is 1. The van der Waals surface area contributed by atoms with Gasteiger partial charge in [0.05, 0.1) is 5.41 Å². The Labute approximate surface area is 298 Å². The second-order valence-electron chi connectivity index (χ2n) is 13.6. The molecule has 2 aliphatic carbocycles. The molecule has 8 aromatic rings. The minimum Gasteiger partial charge on any atom is -0.456 e. The van der Waals surface area contributed by atoms with Gasteiger partial charge in [-0.15, -0.1) is 0 Å². The van der Waals surface area contributed by atoms with Gasteiger partial charge in [-0.3, -0.25) is 0 Å². The standard InChI is InChI=1S/C49H35NO/c1-4-14-34(15-5-1)35-24-30-47-43(32-35)44-33-40(29-31-48(44)51-47)50(38-18-8-3-9-19-38)39-27-25-37(26-28-39)49(36-16-6-2-7-17-36)45-22-12-10-20-41(45)42-21-11-13-23-46(42)49/h1-8,10-18,20-33H,9,19H2. The summed E-state index contributed by atoms with van der Waals surface area (Å²) in [5.74, 6) is 0. The van der Waals surface area contributed by atoms with Gasteiger partial charge in [0.2, 0.25) is 0 Å². The van der Waals surface area contributed by atoms with Crippen LogP contribution in [0.15, 0.2) is 198 Å². The van der Waals surface area contributed by atoms with Crippen LogP contribution < -0.4 is 4.90 Å². The quantitative estimate of drug-likeness (QED) is 0.178. The van der Waals surface area contributed by atoms with Gasteiger partial charge < -0.3 is 9.32 Å². The van der Waals surface area contributed by atoms with Gasteiger partial charge in [-0.25, -0.2) is 0 Å². The summed E-state index contributed by atoms with van der Waals surface area (Å²) in [5, 5.41) is 2.25. The van der Waals surface area contributed by atoms with Crippen LogP contribution in [0.5, 0.6) is 0 Å². The first-order chi connectivity index (χ1) is 25.3. The average molecular weight is 654 g/mol. The van der Waals surface area contributed by atoms with Crippen molar-refractivity contribution in [2.24, 2.45) is 0 Å². The minimum atomic E-state index is -0.421. The number of fused-ring (bicyclic) bond motifs is 6. The number of hydrogen-bond donors (Lipinski definition) is 0. The molecule has 0 fully saturated rings. The number of allylic oxidation sites excluding steroid dienone is 4. The Morgan fingerprint density at radius 3 is 1.76 bits per heavy atom. The van der Waals surface area contributed by atoms with E-state index in [-0.39, 0.29) is 0 Å². The predicted molar refractivity (Wildman–Crippen MR) is 211 cm³/mol. The molecule has 0 saturated heterocycles. The highest BCUT2D eigenvalue weighted by Crippen LogP contribution is 2.56. The molecule has 0 aliphatic heterocycles. The van der Waals surface area contributed by atoms with Crippen molar-refractivity contribution >= 4 is 33.3 Å². The molecule has 0 N–H and O–H groups in total. The monoisotopic (exact) mass is 653 g/mol. The summed E-state index contributed by atoms with van der Waals surface area (Å²) in [7, 11) is 0. The molecule has 242 valence electrons. The SMILES string of the molecule is C1=CCCC(N(c2ccc(C3(c4ccccc4)c4ccccc4-c4ccccc43)cc2)c2ccc3oc4ccc(-c5ccccc5)cc4c3c2)=C1. The van der Waals surface area contributed by atoms with Crippen LogP contribution in [0.2, 0.25) is 0 Å².